The molecule has 0 saturated carbocycles. The Labute approximate surface area is 106 Å². The minimum Gasteiger partial charge on any atom is -0.337 e. The largest absolute Gasteiger partial charge is 0.337 e. The quantitative estimate of drug-likeness (QED) is 0.847. The lowest BCUT2D eigenvalue weighted by atomic mass is 10.1. The summed E-state index contributed by atoms with van der Waals surface area (Å²) in [6, 6.07) is 3.40. The van der Waals surface area contributed by atoms with E-state index < -0.39 is 23.1 Å². The predicted octanol–water partition coefficient (Wildman–Crippen LogP) is 2.17. The van der Waals surface area contributed by atoms with Crippen LogP contribution in [0.5, 0.6) is 0 Å². The number of carbonyl (C=O) groups excluding carboxylic acids is 1. The van der Waals surface area contributed by atoms with E-state index in [2.05, 4.69) is 0 Å². The number of hydrogen-bond acceptors (Lipinski definition) is 2. The molecule has 0 radical (unpaired) electrons. The van der Waals surface area contributed by atoms with Gasteiger partial charge in [-0.05, 0) is 18.6 Å². The van der Waals surface area contributed by atoms with Crippen molar-refractivity contribution in [3.63, 3.8) is 0 Å². The zero-order valence-electron chi connectivity index (χ0n) is 10.5. The van der Waals surface area contributed by atoms with Crippen molar-refractivity contribution < 1.29 is 13.6 Å². The van der Waals surface area contributed by atoms with Crippen LogP contribution in [0.15, 0.2) is 18.2 Å². The number of amides is 1. The van der Waals surface area contributed by atoms with E-state index in [1.807, 2.05) is 6.92 Å². The minimum absolute atomic E-state index is 0.269. The summed E-state index contributed by atoms with van der Waals surface area (Å²) in [6.07, 6.45) is 1.68. The van der Waals surface area contributed by atoms with E-state index in [0.29, 0.717) is 13.1 Å². The standard InChI is InChI=1S/C13H18F2N2O/c1-2-3-8-17(9-7-16)13(18)12-10(14)5-4-6-11(12)15/h4-6H,2-3,7-9,16H2,1H3. The summed E-state index contributed by atoms with van der Waals surface area (Å²) in [5, 5.41) is 0. The second-order valence-electron chi connectivity index (χ2n) is 4.03. The summed E-state index contributed by atoms with van der Waals surface area (Å²) in [6.45, 7) is 3.01. The Balaban J connectivity index is 2.94. The number of halogens is 2. The highest BCUT2D eigenvalue weighted by Gasteiger charge is 2.22. The van der Waals surface area contributed by atoms with Crippen LogP contribution in [-0.2, 0) is 0 Å². The van der Waals surface area contributed by atoms with Crippen molar-refractivity contribution in [1.82, 2.24) is 4.90 Å². The summed E-state index contributed by atoms with van der Waals surface area (Å²) in [5.74, 6) is -2.30. The molecule has 0 fully saturated rings. The molecule has 0 aliphatic rings. The number of nitrogens with two attached hydrogens (primary N) is 1. The fraction of sp³-hybridized carbons (Fsp3) is 0.462. The molecule has 0 saturated heterocycles. The molecule has 0 unspecified atom stereocenters. The molecule has 1 aromatic rings. The van der Waals surface area contributed by atoms with Crippen LogP contribution in [0, 0.1) is 11.6 Å². The van der Waals surface area contributed by atoms with E-state index in [-0.39, 0.29) is 6.54 Å². The molecule has 100 valence electrons. The Morgan fingerprint density at radius 3 is 2.39 bits per heavy atom. The van der Waals surface area contributed by atoms with Crippen LogP contribution in [0.3, 0.4) is 0 Å². The van der Waals surface area contributed by atoms with Gasteiger partial charge in [-0.25, -0.2) is 8.78 Å². The maximum absolute atomic E-state index is 13.5. The third kappa shape index (κ3) is 3.50. The fourth-order valence-corrected chi connectivity index (χ4v) is 1.68. The second kappa shape index (κ2) is 7.06. The van der Waals surface area contributed by atoms with E-state index in [1.54, 1.807) is 0 Å². The lowest BCUT2D eigenvalue weighted by Crippen LogP contribution is -2.37. The molecule has 0 bridgehead atoms. The first-order valence-electron chi connectivity index (χ1n) is 6.05. The Morgan fingerprint density at radius 2 is 1.89 bits per heavy atom. The zero-order chi connectivity index (χ0) is 13.5. The highest BCUT2D eigenvalue weighted by atomic mass is 19.1. The first-order chi connectivity index (χ1) is 8.61. The van der Waals surface area contributed by atoms with Gasteiger partial charge in [-0.2, -0.15) is 0 Å². The predicted molar refractivity (Wildman–Crippen MR) is 66.2 cm³/mol. The second-order valence-corrected chi connectivity index (χ2v) is 4.03. The van der Waals surface area contributed by atoms with E-state index in [9.17, 15) is 13.6 Å². The SMILES string of the molecule is CCCCN(CCN)C(=O)c1c(F)cccc1F. The smallest absolute Gasteiger partial charge is 0.259 e. The van der Waals surface area contributed by atoms with Gasteiger partial charge >= 0.3 is 0 Å². The van der Waals surface area contributed by atoms with E-state index in [1.165, 1.54) is 11.0 Å². The van der Waals surface area contributed by atoms with Gasteiger partial charge in [0, 0.05) is 19.6 Å². The van der Waals surface area contributed by atoms with Crippen LogP contribution >= 0.6 is 0 Å². The lowest BCUT2D eigenvalue weighted by molar-refractivity contribution is 0.0748. The minimum atomic E-state index is -0.835. The molecule has 5 heteroatoms. The Hall–Kier alpha value is -1.49. The molecular weight excluding hydrogens is 238 g/mol. The fourth-order valence-electron chi connectivity index (χ4n) is 1.68. The van der Waals surface area contributed by atoms with Crippen LogP contribution in [0.1, 0.15) is 30.1 Å². The molecular formula is C13H18F2N2O. The molecule has 1 amide bonds. The third-order valence-corrected chi connectivity index (χ3v) is 2.64. The maximum atomic E-state index is 13.5. The van der Waals surface area contributed by atoms with Gasteiger partial charge in [0.15, 0.2) is 0 Å². The Bertz CT molecular complexity index is 390. The van der Waals surface area contributed by atoms with Crippen molar-refractivity contribution in [2.24, 2.45) is 5.73 Å². The number of carbonyl (C=O) groups is 1. The van der Waals surface area contributed by atoms with Gasteiger partial charge in [0.1, 0.15) is 17.2 Å². The maximum Gasteiger partial charge on any atom is 0.259 e. The molecule has 18 heavy (non-hydrogen) atoms. The summed E-state index contributed by atoms with van der Waals surface area (Å²) in [7, 11) is 0. The van der Waals surface area contributed by atoms with Crippen molar-refractivity contribution in [1.29, 1.82) is 0 Å². The number of unbranched alkanes of at least 4 members (excludes halogenated alkanes) is 1. The van der Waals surface area contributed by atoms with Gasteiger partial charge in [0.05, 0.1) is 0 Å². The van der Waals surface area contributed by atoms with Crippen molar-refractivity contribution in [2.75, 3.05) is 19.6 Å². The van der Waals surface area contributed by atoms with Crippen LogP contribution in [0.4, 0.5) is 8.78 Å². The molecule has 0 aliphatic carbocycles. The van der Waals surface area contributed by atoms with Crippen LogP contribution in [-0.4, -0.2) is 30.4 Å². The van der Waals surface area contributed by atoms with Gasteiger partial charge in [-0.3, -0.25) is 4.79 Å². The summed E-state index contributed by atoms with van der Waals surface area (Å²) < 4.78 is 27.0. The third-order valence-electron chi connectivity index (χ3n) is 2.64. The van der Waals surface area contributed by atoms with Crippen LogP contribution < -0.4 is 5.73 Å². The molecule has 0 heterocycles. The zero-order valence-corrected chi connectivity index (χ0v) is 10.5. The highest BCUT2D eigenvalue weighted by molar-refractivity contribution is 5.94. The molecule has 1 rings (SSSR count). The van der Waals surface area contributed by atoms with Gasteiger partial charge in [0.2, 0.25) is 0 Å². The van der Waals surface area contributed by atoms with Crippen molar-refractivity contribution >= 4 is 5.91 Å². The lowest BCUT2D eigenvalue weighted by Gasteiger charge is -2.22. The van der Waals surface area contributed by atoms with Gasteiger partial charge in [-0.15, -0.1) is 0 Å². The monoisotopic (exact) mass is 256 g/mol. The first kappa shape index (κ1) is 14.6. The highest BCUT2D eigenvalue weighted by Crippen LogP contribution is 2.15. The molecule has 0 spiro atoms. The van der Waals surface area contributed by atoms with Crippen molar-refractivity contribution in [3.05, 3.63) is 35.4 Å². The molecule has 0 aromatic heterocycles. The van der Waals surface area contributed by atoms with Gasteiger partial charge in [0.25, 0.3) is 5.91 Å². The van der Waals surface area contributed by atoms with Gasteiger partial charge in [-0.1, -0.05) is 19.4 Å². The summed E-state index contributed by atoms with van der Waals surface area (Å²) in [4.78, 5) is 13.5. The molecule has 3 nitrogen and oxygen atoms in total. The Kier molecular flexibility index (Phi) is 5.71. The van der Waals surface area contributed by atoms with E-state index in [4.69, 9.17) is 5.73 Å². The van der Waals surface area contributed by atoms with E-state index >= 15 is 0 Å². The summed E-state index contributed by atoms with van der Waals surface area (Å²) >= 11 is 0. The van der Waals surface area contributed by atoms with E-state index in [0.717, 1.165) is 25.0 Å². The number of nitrogens with zero attached hydrogens (tertiary/aromatic N) is 1. The molecule has 0 aliphatic heterocycles. The Morgan fingerprint density at radius 1 is 1.28 bits per heavy atom. The van der Waals surface area contributed by atoms with Crippen LogP contribution in [0.25, 0.3) is 0 Å². The van der Waals surface area contributed by atoms with Crippen molar-refractivity contribution in [3.8, 4) is 0 Å². The molecule has 1 aromatic carbocycles. The average molecular weight is 256 g/mol. The normalized spacial score (nSPS) is 10.4. The average Bonchev–Trinajstić information content (AvgIpc) is 2.34. The topological polar surface area (TPSA) is 46.3 Å². The number of benzene rings is 1. The van der Waals surface area contributed by atoms with Crippen LogP contribution in [0.2, 0.25) is 0 Å². The number of rotatable bonds is 6. The summed E-state index contributed by atoms with van der Waals surface area (Å²) in [5.41, 5.74) is 4.91. The first-order valence-corrected chi connectivity index (χ1v) is 6.05. The number of hydrogen-bond donors (Lipinski definition) is 1. The molecule has 0 atom stereocenters. The van der Waals surface area contributed by atoms with Crippen molar-refractivity contribution in [2.45, 2.75) is 19.8 Å². The van der Waals surface area contributed by atoms with Gasteiger partial charge < -0.3 is 10.6 Å². The molecule has 2 N–H and O–H groups in total.